The summed E-state index contributed by atoms with van der Waals surface area (Å²) in [6.45, 7) is 3.71. The van der Waals surface area contributed by atoms with E-state index >= 15 is 0 Å². The molecule has 0 saturated carbocycles. The van der Waals surface area contributed by atoms with Gasteiger partial charge in [0.25, 0.3) is 0 Å². The summed E-state index contributed by atoms with van der Waals surface area (Å²) in [5, 5.41) is 0.983. The van der Waals surface area contributed by atoms with E-state index < -0.39 is 6.10 Å². The Morgan fingerprint density at radius 1 is 0.912 bits per heavy atom. The van der Waals surface area contributed by atoms with Crippen molar-refractivity contribution in [3.8, 4) is 11.5 Å². The molecule has 0 radical (unpaired) electrons. The van der Waals surface area contributed by atoms with Crippen molar-refractivity contribution in [2.24, 2.45) is 0 Å². The van der Waals surface area contributed by atoms with Crippen LogP contribution in [-0.2, 0) is 16.0 Å². The lowest BCUT2D eigenvalue weighted by molar-refractivity contribution is -0.147. The highest BCUT2D eigenvalue weighted by molar-refractivity contribution is 5.79. The molecule has 0 N–H and O–H groups in total. The van der Waals surface area contributed by atoms with E-state index in [1.807, 2.05) is 91.9 Å². The standard InChI is InChI=1S/C29H25NO4/c1-3-27(31)34-28(20-10-6-4-7-11-20)23-15-14-22-16-24(33-26(22)17-23)18-25-19(2)32-29(30-25)21-12-8-5-9-13-21/h4-17,28H,3,18H2,1-2H3. The predicted molar refractivity (Wildman–Crippen MR) is 130 cm³/mol. The Kier molecular flexibility index (Phi) is 6.00. The summed E-state index contributed by atoms with van der Waals surface area (Å²) in [5.41, 5.74) is 4.31. The number of aromatic nitrogens is 1. The number of fused-ring (bicyclic) bond motifs is 1. The molecule has 34 heavy (non-hydrogen) atoms. The molecule has 0 aliphatic rings. The van der Waals surface area contributed by atoms with Crippen molar-refractivity contribution in [3.63, 3.8) is 0 Å². The smallest absolute Gasteiger partial charge is 0.306 e. The van der Waals surface area contributed by atoms with Crippen molar-refractivity contribution in [3.05, 3.63) is 113 Å². The Labute approximate surface area is 198 Å². The van der Waals surface area contributed by atoms with Crippen LogP contribution in [0.25, 0.3) is 22.4 Å². The summed E-state index contributed by atoms with van der Waals surface area (Å²) in [5.74, 6) is 1.93. The van der Waals surface area contributed by atoms with Crippen LogP contribution < -0.4 is 0 Å². The van der Waals surface area contributed by atoms with E-state index in [1.165, 1.54) is 0 Å². The predicted octanol–water partition coefficient (Wildman–Crippen LogP) is 7.03. The second-order valence-corrected chi connectivity index (χ2v) is 8.21. The minimum absolute atomic E-state index is 0.246. The van der Waals surface area contributed by atoms with Crippen LogP contribution >= 0.6 is 0 Å². The van der Waals surface area contributed by atoms with Crippen LogP contribution in [0.3, 0.4) is 0 Å². The maximum Gasteiger partial charge on any atom is 0.306 e. The lowest BCUT2D eigenvalue weighted by atomic mass is 10.0. The van der Waals surface area contributed by atoms with Crippen LogP contribution in [0.5, 0.6) is 0 Å². The molecular weight excluding hydrogens is 426 g/mol. The number of hydrogen-bond donors (Lipinski definition) is 0. The Bertz CT molecular complexity index is 1420. The molecule has 2 heterocycles. The van der Waals surface area contributed by atoms with Gasteiger partial charge in [-0.2, -0.15) is 0 Å². The molecule has 0 bridgehead atoms. The first-order chi connectivity index (χ1) is 16.6. The van der Waals surface area contributed by atoms with Gasteiger partial charge in [-0.1, -0.05) is 67.6 Å². The summed E-state index contributed by atoms with van der Waals surface area (Å²) in [7, 11) is 0. The molecule has 3 aromatic carbocycles. The molecular formula is C29H25NO4. The lowest BCUT2D eigenvalue weighted by Gasteiger charge is -2.18. The van der Waals surface area contributed by atoms with E-state index in [2.05, 4.69) is 4.98 Å². The molecule has 5 nitrogen and oxygen atoms in total. The number of carbonyl (C=O) groups excluding carboxylic acids is 1. The summed E-state index contributed by atoms with van der Waals surface area (Å²) in [6, 6.07) is 27.5. The second-order valence-electron chi connectivity index (χ2n) is 8.21. The van der Waals surface area contributed by atoms with Gasteiger partial charge in [-0.15, -0.1) is 0 Å². The van der Waals surface area contributed by atoms with E-state index in [-0.39, 0.29) is 5.97 Å². The fourth-order valence-corrected chi connectivity index (χ4v) is 3.99. The normalized spacial score (nSPS) is 12.1. The third kappa shape index (κ3) is 4.50. The van der Waals surface area contributed by atoms with Crippen molar-refractivity contribution < 1.29 is 18.4 Å². The van der Waals surface area contributed by atoms with Crippen LogP contribution in [0.4, 0.5) is 0 Å². The van der Waals surface area contributed by atoms with E-state index in [0.29, 0.717) is 18.7 Å². The van der Waals surface area contributed by atoms with Crippen molar-refractivity contribution in [1.82, 2.24) is 4.98 Å². The monoisotopic (exact) mass is 451 g/mol. The molecule has 5 heteroatoms. The topological polar surface area (TPSA) is 65.5 Å². The largest absolute Gasteiger partial charge is 0.461 e. The Hall–Kier alpha value is -4.12. The van der Waals surface area contributed by atoms with Gasteiger partial charge in [-0.3, -0.25) is 4.79 Å². The van der Waals surface area contributed by atoms with Gasteiger partial charge < -0.3 is 13.6 Å². The van der Waals surface area contributed by atoms with Crippen LogP contribution in [0.15, 0.2) is 93.8 Å². The molecule has 0 fully saturated rings. The molecule has 0 saturated heterocycles. The maximum atomic E-state index is 12.1. The van der Waals surface area contributed by atoms with E-state index in [4.69, 9.17) is 13.6 Å². The van der Waals surface area contributed by atoms with Gasteiger partial charge in [0, 0.05) is 22.9 Å². The zero-order chi connectivity index (χ0) is 23.5. The van der Waals surface area contributed by atoms with Gasteiger partial charge >= 0.3 is 5.97 Å². The molecule has 2 aromatic heterocycles. The van der Waals surface area contributed by atoms with E-state index in [0.717, 1.165) is 44.9 Å². The zero-order valence-corrected chi connectivity index (χ0v) is 19.2. The number of ether oxygens (including phenoxy) is 1. The lowest BCUT2D eigenvalue weighted by Crippen LogP contribution is -2.11. The summed E-state index contributed by atoms with van der Waals surface area (Å²) >= 11 is 0. The van der Waals surface area contributed by atoms with Gasteiger partial charge in [0.15, 0.2) is 6.10 Å². The Balaban J connectivity index is 1.44. The minimum Gasteiger partial charge on any atom is -0.461 e. The van der Waals surface area contributed by atoms with Gasteiger partial charge in [0.05, 0.1) is 12.1 Å². The van der Waals surface area contributed by atoms with Crippen LogP contribution in [0.1, 0.15) is 47.8 Å². The van der Waals surface area contributed by atoms with Gasteiger partial charge in [0.1, 0.15) is 17.1 Å². The van der Waals surface area contributed by atoms with Crippen molar-refractivity contribution in [1.29, 1.82) is 0 Å². The van der Waals surface area contributed by atoms with Crippen molar-refractivity contribution in [2.75, 3.05) is 0 Å². The number of nitrogens with zero attached hydrogens (tertiary/aromatic N) is 1. The molecule has 5 aromatic rings. The number of furan rings is 1. The molecule has 0 aliphatic carbocycles. The minimum atomic E-state index is -0.488. The number of aryl methyl sites for hydroxylation is 1. The molecule has 1 unspecified atom stereocenters. The van der Waals surface area contributed by atoms with E-state index in [1.54, 1.807) is 6.92 Å². The Morgan fingerprint density at radius 3 is 2.38 bits per heavy atom. The second kappa shape index (κ2) is 9.40. The number of oxazole rings is 1. The molecule has 0 amide bonds. The molecule has 5 rings (SSSR count). The third-order valence-corrected chi connectivity index (χ3v) is 5.79. The van der Waals surface area contributed by atoms with Gasteiger partial charge in [0.2, 0.25) is 5.89 Å². The first-order valence-corrected chi connectivity index (χ1v) is 11.4. The number of benzene rings is 3. The number of hydrogen-bond acceptors (Lipinski definition) is 5. The van der Waals surface area contributed by atoms with Crippen LogP contribution in [-0.4, -0.2) is 11.0 Å². The highest BCUT2D eigenvalue weighted by Gasteiger charge is 2.20. The highest BCUT2D eigenvalue weighted by Crippen LogP contribution is 2.31. The average Bonchev–Trinajstić information content (AvgIpc) is 3.45. The summed E-state index contributed by atoms with van der Waals surface area (Å²) in [6.07, 6.45) is 0.357. The summed E-state index contributed by atoms with van der Waals surface area (Å²) in [4.78, 5) is 16.8. The molecule has 170 valence electrons. The number of esters is 1. The number of rotatable bonds is 7. The van der Waals surface area contributed by atoms with Crippen LogP contribution in [0, 0.1) is 6.92 Å². The zero-order valence-electron chi connectivity index (χ0n) is 19.2. The maximum absolute atomic E-state index is 12.1. The highest BCUT2D eigenvalue weighted by atomic mass is 16.5. The average molecular weight is 452 g/mol. The van der Waals surface area contributed by atoms with E-state index in [9.17, 15) is 4.79 Å². The molecule has 1 atom stereocenters. The van der Waals surface area contributed by atoms with Gasteiger partial charge in [-0.05, 0) is 36.8 Å². The fraction of sp³-hybridized carbons (Fsp3) is 0.172. The number of carbonyl (C=O) groups is 1. The SMILES string of the molecule is CCC(=O)OC(c1ccccc1)c1ccc2cc(Cc3nc(-c4ccccc4)oc3C)oc2c1. The van der Waals surface area contributed by atoms with Gasteiger partial charge in [-0.25, -0.2) is 4.98 Å². The third-order valence-electron chi connectivity index (χ3n) is 5.79. The van der Waals surface area contributed by atoms with Crippen molar-refractivity contribution >= 4 is 16.9 Å². The van der Waals surface area contributed by atoms with Crippen molar-refractivity contribution in [2.45, 2.75) is 32.8 Å². The molecule has 0 spiro atoms. The summed E-state index contributed by atoms with van der Waals surface area (Å²) < 4.78 is 17.9. The Morgan fingerprint density at radius 2 is 1.65 bits per heavy atom. The fourth-order valence-electron chi connectivity index (χ4n) is 3.99. The quantitative estimate of drug-likeness (QED) is 0.249. The first-order valence-electron chi connectivity index (χ1n) is 11.4. The molecule has 0 aliphatic heterocycles. The first kappa shape index (κ1) is 21.7. The van der Waals surface area contributed by atoms with Crippen LogP contribution in [0.2, 0.25) is 0 Å².